The summed E-state index contributed by atoms with van der Waals surface area (Å²) in [6.45, 7) is 5.21. The monoisotopic (exact) mass is 459 g/mol. The second-order valence-corrected chi connectivity index (χ2v) is 10.5. The number of para-hydroxylation sites is 1. The molecule has 1 aliphatic rings. The average Bonchev–Trinajstić information content (AvgIpc) is 3.16. The van der Waals surface area contributed by atoms with E-state index < -0.39 is 21.3 Å². The topological polar surface area (TPSA) is 90.3 Å². The van der Waals surface area contributed by atoms with Crippen molar-refractivity contribution in [1.82, 2.24) is 9.78 Å². The van der Waals surface area contributed by atoms with E-state index in [1.54, 1.807) is 42.8 Å². The predicted octanol–water partition coefficient (Wildman–Crippen LogP) is 4.06. The van der Waals surface area contributed by atoms with E-state index in [2.05, 4.69) is 10.4 Å². The van der Waals surface area contributed by atoms with Crippen LogP contribution in [0.5, 0.6) is 5.75 Å². The molecule has 0 spiro atoms. The number of aryl methyl sites for hydroxylation is 1. The van der Waals surface area contributed by atoms with E-state index in [1.807, 2.05) is 31.2 Å². The minimum absolute atomic E-state index is 0.144. The number of hydrogen-bond acceptors (Lipinski definition) is 5. The first-order valence-corrected chi connectivity index (χ1v) is 11.9. The third-order valence-electron chi connectivity index (χ3n) is 5.10. The van der Waals surface area contributed by atoms with E-state index in [0.29, 0.717) is 27.8 Å². The van der Waals surface area contributed by atoms with E-state index in [9.17, 15) is 13.2 Å². The van der Waals surface area contributed by atoms with Crippen molar-refractivity contribution < 1.29 is 17.9 Å². The van der Waals surface area contributed by atoms with Crippen molar-refractivity contribution in [2.24, 2.45) is 0 Å². The summed E-state index contributed by atoms with van der Waals surface area (Å²) < 4.78 is 31.8. The molecule has 2 heterocycles. The molecule has 0 aliphatic carbocycles. The highest BCUT2D eigenvalue weighted by molar-refractivity contribution is 7.90. The molecule has 2 aromatic carbocycles. The molecule has 0 radical (unpaired) electrons. The van der Waals surface area contributed by atoms with Gasteiger partial charge in [-0.15, -0.1) is 0 Å². The minimum Gasteiger partial charge on any atom is -0.478 e. The lowest BCUT2D eigenvalue weighted by Crippen LogP contribution is -2.43. The van der Waals surface area contributed by atoms with Crippen molar-refractivity contribution in [1.29, 1.82) is 0 Å². The zero-order chi connectivity index (χ0) is 22.4. The first-order valence-electron chi connectivity index (χ1n) is 9.69. The maximum atomic E-state index is 13.2. The molecule has 9 heteroatoms. The van der Waals surface area contributed by atoms with Crippen LogP contribution in [0.25, 0.3) is 5.69 Å². The van der Waals surface area contributed by atoms with Gasteiger partial charge in [0.05, 0.1) is 22.9 Å². The van der Waals surface area contributed by atoms with Crippen LogP contribution in [0, 0.1) is 6.92 Å². The largest absolute Gasteiger partial charge is 0.478 e. The lowest BCUT2D eigenvalue weighted by atomic mass is 10.1. The van der Waals surface area contributed by atoms with Crippen LogP contribution in [0.4, 0.5) is 5.82 Å². The minimum atomic E-state index is -3.29. The molecule has 0 saturated heterocycles. The van der Waals surface area contributed by atoms with Crippen LogP contribution in [0.3, 0.4) is 0 Å². The first kappa shape index (κ1) is 21.4. The van der Waals surface area contributed by atoms with Gasteiger partial charge >= 0.3 is 0 Å². The number of aromatic nitrogens is 2. The van der Waals surface area contributed by atoms with Crippen molar-refractivity contribution in [3.63, 3.8) is 0 Å². The standard InChI is InChI=1S/C22H22ClN3O4S/c1-14-6-4-5-7-19(14)26-20(17-12-31(28,29)13-18(17)25-26)24-21(27)22(2,3)30-16-10-8-15(23)9-11-16/h4-11H,12-13H2,1-3H3,(H,24,27). The van der Waals surface area contributed by atoms with Crippen LogP contribution in [0.1, 0.15) is 30.7 Å². The molecule has 31 heavy (non-hydrogen) atoms. The molecule has 3 aromatic rings. The van der Waals surface area contributed by atoms with Crippen LogP contribution in [0.15, 0.2) is 48.5 Å². The normalized spacial score (nSPS) is 14.8. The Balaban J connectivity index is 1.69. The van der Waals surface area contributed by atoms with Gasteiger partial charge in [-0.25, -0.2) is 13.1 Å². The second-order valence-electron chi connectivity index (χ2n) is 8.02. The summed E-state index contributed by atoms with van der Waals surface area (Å²) in [5, 5.41) is 7.95. The number of halogens is 1. The number of carbonyl (C=O) groups is 1. The van der Waals surface area contributed by atoms with E-state index in [4.69, 9.17) is 16.3 Å². The van der Waals surface area contributed by atoms with Crippen molar-refractivity contribution >= 4 is 33.2 Å². The predicted molar refractivity (Wildman–Crippen MR) is 119 cm³/mol. The molecular weight excluding hydrogens is 438 g/mol. The van der Waals surface area contributed by atoms with Gasteiger partial charge in [0.1, 0.15) is 11.6 Å². The molecule has 0 unspecified atom stereocenters. The second kappa shape index (κ2) is 7.69. The fourth-order valence-corrected chi connectivity index (χ4v) is 5.07. The number of anilines is 1. The average molecular weight is 460 g/mol. The van der Waals surface area contributed by atoms with Gasteiger partial charge < -0.3 is 10.1 Å². The van der Waals surface area contributed by atoms with Crippen molar-refractivity contribution in [2.75, 3.05) is 5.32 Å². The Kier molecular flexibility index (Phi) is 5.31. The molecular formula is C22H22ClN3O4S. The van der Waals surface area contributed by atoms with Crippen LogP contribution < -0.4 is 10.1 Å². The van der Waals surface area contributed by atoms with Crippen molar-refractivity contribution in [3.05, 3.63) is 70.4 Å². The van der Waals surface area contributed by atoms with E-state index in [0.717, 1.165) is 11.3 Å². The number of nitrogens with zero attached hydrogens (tertiary/aromatic N) is 2. The van der Waals surface area contributed by atoms with Crippen molar-refractivity contribution in [3.8, 4) is 11.4 Å². The summed E-state index contributed by atoms with van der Waals surface area (Å²) in [6, 6.07) is 14.3. The fraction of sp³-hybridized carbons (Fsp3) is 0.273. The van der Waals surface area contributed by atoms with Gasteiger partial charge in [0.25, 0.3) is 5.91 Å². The Morgan fingerprint density at radius 1 is 1.13 bits per heavy atom. The molecule has 1 amide bonds. The SMILES string of the molecule is Cc1ccccc1-n1nc2c(c1NC(=O)C(C)(C)Oc1ccc(Cl)cc1)CS(=O)(=O)C2. The number of sulfone groups is 1. The molecule has 0 saturated carbocycles. The van der Waals surface area contributed by atoms with Gasteiger partial charge in [-0.1, -0.05) is 29.8 Å². The number of nitrogens with one attached hydrogen (secondary N) is 1. The Hall–Kier alpha value is -2.84. The highest BCUT2D eigenvalue weighted by Gasteiger charge is 2.36. The van der Waals surface area contributed by atoms with Gasteiger partial charge in [-0.05, 0) is 56.7 Å². The van der Waals surface area contributed by atoms with Gasteiger partial charge in [-0.2, -0.15) is 5.10 Å². The van der Waals surface area contributed by atoms with E-state index in [-0.39, 0.29) is 11.5 Å². The smallest absolute Gasteiger partial charge is 0.269 e. The third kappa shape index (κ3) is 4.31. The van der Waals surface area contributed by atoms with Gasteiger partial charge in [-0.3, -0.25) is 4.79 Å². The Morgan fingerprint density at radius 3 is 2.48 bits per heavy atom. The number of ether oxygens (including phenoxy) is 1. The maximum absolute atomic E-state index is 13.2. The number of amides is 1. The summed E-state index contributed by atoms with van der Waals surface area (Å²) in [4.78, 5) is 13.2. The summed E-state index contributed by atoms with van der Waals surface area (Å²) in [7, 11) is -3.29. The summed E-state index contributed by atoms with van der Waals surface area (Å²) in [6.07, 6.45) is 0. The zero-order valence-corrected chi connectivity index (χ0v) is 18.9. The van der Waals surface area contributed by atoms with Gasteiger partial charge in [0, 0.05) is 10.6 Å². The van der Waals surface area contributed by atoms with Crippen LogP contribution in [0.2, 0.25) is 5.02 Å². The van der Waals surface area contributed by atoms with Gasteiger partial charge in [0.2, 0.25) is 0 Å². The Morgan fingerprint density at radius 2 is 1.81 bits per heavy atom. The van der Waals surface area contributed by atoms with Crippen molar-refractivity contribution in [2.45, 2.75) is 37.9 Å². The number of carbonyl (C=O) groups excluding carboxylic acids is 1. The lowest BCUT2D eigenvalue weighted by molar-refractivity contribution is -0.128. The molecule has 7 nitrogen and oxygen atoms in total. The molecule has 1 N–H and O–H groups in total. The molecule has 1 aromatic heterocycles. The van der Waals surface area contributed by atoms with Crippen LogP contribution in [-0.2, 0) is 26.1 Å². The summed E-state index contributed by atoms with van der Waals surface area (Å²) >= 11 is 5.91. The molecule has 0 fully saturated rings. The zero-order valence-electron chi connectivity index (χ0n) is 17.3. The fourth-order valence-electron chi connectivity index (χ4n) is 3.45. The number of benzene rings is 2. The molecule has 0 bridgehead atoms. The lowest BCUT2D eigenvalue weighted by Gasteiger charge is -2.26. The molecule has 4 rings (SSSR count). The first-order chi connectivity index (χ1) is 14.6. The van der Waals surface area contributed by atoms with Crippen LogP contribution in [-0.4, -0.2) is 29.7 Å². The Labute approximate surface area is 185 Å². The number of hydrogen-bond donors (Lipinski definition) is 1. The van der Waals surface area contributed by atoms with Crippen LogP contribution >= 0.6 is 11.6 Å². The maximum Gasteiger partial charge on any atom is 0.269 e. The highest BCUT2D eigenvalue weighted by atomic mass is 35.5. The molecule has 162 valence electrons. The highest BCUT2D eigenvalue weighted by Crippen LogP contribution is 2.34. The Bertz CT molecular complexity index is 1260. The molecule has 0 atom stereocenters. The van der Waals surface area contributed by atoms with E-state index >= 15 is 0 Å². The van der Waals surface area contributed by atoms with Gasteiger partial charge in [0.15, 0.2) is 15.4 Å². The number of rotatable bonds is 5. The molecule has 1 aliphatic heterocycles. The summed E-state index contributed by atoms with van der Waals surface area (Å²) in [5.41, 5.74) is 1.44. The van der Waals surface area contributed by atoms with E-state index in [1.165, 1.54) is 0 Å². The quantitative estimate of drug-likeness (QED) is 0.621. The number of fused-ring (bicyclic) bond motifs is 1. The summed E-state index contributed by atoms with van der Waals surface area (Å²) in [5.74, 6) is 0.106. The third-order valence-corrected chi connectivity index (χ3v) is 6.79.